The third-order valence-electron chi connectivity index (χ3n) is 2.88. The van der Waals surface area contributed by atoms with Crippen molar-refractivity contribution in [3.63, 3.8) is 0 Å². The van der Waals surface area contributed by atoms with Crippen LogP contribution in [0.1, 0.15) is 0 Å². The molecule has 0 atom stereocenters. The largest absolute Gasteiger partial charge is 0.293 e. The Hall–Kier alpha value is -2.45. The summed E-state index contributed by atoms with van der Waals surface area (Å²) in [6.07, 6.45) is 0. The zero-order chi connectivity index (χ0) is 16.2. The normalized spacial score (nSPS) is 11.0. The molecule has 22 heavy (non-hydrogen) atoms. The molecule has 0 unspecified atom stereocenters. The van der Waals surface area contributed by atoms with Crippen molar-refractivity contribution in [3.05, 3.63) is 60.4 Å². The number of amides is 1. The van der Waals surface area contributed by atoms with Crippen LogP contribution in [0.3, 0.4) is 0 Å². The summed E-state index contributed by atoms with van der Waals surface area (Å²) >= 11 is 0. The van der Waals surface area contributed by atoms with Crippen molar-refractivity contribution in [3.8, 4) is 0 Å². The van der Waals surface area contributed by atoms with Gasteiger partial charge in [0.05, 0.1) is 10.6 Å². The van der Waals surface area contributed by atoms with Gasteiger partial charge in [0.2, 0.25) is 0 Å². The van der Waals surface area contributed by atoms with Crippen LogP contribution in [0.5, 0.6) is 0 Å². The first-order chi connectivity index (χ1) is 10.4. The van der Waals surface area contributed by atoms with E-state index >= 15 is 0 Å². The number of nitrogens with one attached hydrogen (secondary N) is 1. The maximum Gasteiger partial charge on any atom is 0.264 e. The van der Waals surface area contributed by atoms with E-state index in [-0.39, 0.29) is 10.6 Å². The quantitative estimate of drug-likeness (QED) is 0.488. The van der Waals surface area contributed by atoms with Crippen molar-refractivity contribution in [2.24, 2.45) is 5.84 Å². The van der Waals surface area contributed by atoms with E-state index < -0.39 is 28.3 Å². The van der Waals surface area contributed by atoms with Crippen LogP contribution >= 0.6 is 0 Å². The van der Waals surface area contributed by atoms with Gasteiger partial charge in [-0.2, -0.15) is 0 Å². The van der Waals surface area contributed by atoms with Crippen LogP contribution in [0.25, 0.3) is 0 Å². The van der Waals surface area contributed by atoms with Crippen LogP contribution in [0.2, 0.25) is 0 Å². The van der Waals surface area contributed by atoms with E-state index in [0.717, 1.165) is 10.4 Å². The Bertz CT molecular complexity index is 766. The van der Waals surface area contributed by atoms with Gasteiger partial charge in [-0.05, 0) is 30.3 Å². The average Bonchev–Trinajstić information content (AvgIpc) is 2.53. The molecule has 2 rings (SSSR count). The standard InChI is InChI=1S/C14H14FN3O3S/c15-11-5-4-6-12(9-11)18(10-14(19)17-16)22(20,21)13-7-2-1-3-8-13/h1-9H,10,16H2,(H,17,19). The summed E-state index contributed by atoms with van der Waals surface area (Å²) in [7, 11) is -4.03. The molecule has 0 spiro atoms. The number of anilines is 1. The molecule has 0 heterocycles. The van der Waals surface area contributed by atoms with Crippen molar-refractivity contribution in [1.82, 2.24) is 5.43 Å². The average molecular weight is 323 g/mol. The number of carbonyl (C=O) groups excluding carboxylic acids is 1. The van der Waals surface area contributed by atoms with E-state index in [9.17, 15) is 17.6 Å². The summed E-state index contributed by atoms with van der Waals surface area (Å²) < 4.78 is 39.5. The van der Waals surface area contributed by atoms with E-state index in [2.05, 4.69) is 0 Å². The number of sulfonamides is 1. The zero-order valence-electron chi connectivity index (χ0n) is 11.4. The Balaban J connectivity index is 2.51. The molecule has 0 aromatic heterocycles. The first-order valence-electron chi connectivity index (χ1n) is 6.28. The Morgan fingerprint density at radius 1 is 1.14 bits per heavy atom. The number of carbonyl (C=O) groups is 1. The number of nitrogens with zero attached hydrogens (tertiary/aromatic N) is 1. The predicted octanol–water partition coefficient (Wildman–Crippen LogP) is 1.01. The smallest absolute Gasteiger partial charge is 0.264 e. The SMILES string of the molecule is NNC(=O)CN(c1cccc(F)c1)S(=O)(=O)c1ccccc1. The van der Waals surface area contributed by atoms with Crippen LogP contribution in [0, 0.1) is 5.82 Å². The second-order valence-corrected chi connectivity index (χ2v) is 6.23. The molecule has 8 heteroatoms. The van der Waals surface area contributed by atoms with Crippen molar-refractivity contribution in [2.75, 3.05) is 10.8 Å². The number of halogens is 1. The molecule has 0 aliphatic carbocycles. The fourth-order valence-corrected chi connectivity index (χ4v) is 3.28. The lowest BCUT2D eigenvalue weighted by Crippen LogP contribution is -2.43. The molecule has 0 saturated carbocycles. The molecular formula is C14H14FN3O3S. The van der Waals surface area contributed by atoms with Gasteiger partial charge in [-0.3, -0.25) is 14.5 Å². The lowest BCUT2D eigenvalue weighted by atomic mass is 10.3. The maximum absolute atomic E-state index is 13.4. The van der Waals surface area contributed by atoms with Gasteiger partial charge in [0.1, 0.15) is 12.4 Å². The maximum atomic E-state index is 13.4. The van der Waals surface area contributed by atoms with Gasteiger partial charge >= 0.3 is 0 Å². The van der Waals surface area contributed by atoms with Crippen molar-refractivity contribution in [1.29, 1.82) is 0 Å². The summed E-state index contributed by atoms with van der Waals surface area (Å²) in [6.45, 7) is -0.558. The highest BCUT2D eigenvalue weighted by Gasteiger charge is 2.27. The second kappa shape index (κ2) is 6.54. The molecule has 3 N–H and O–H groups in total. The van der Waals surface area contributed by atoms with Gasteiger partial charge in [0.15, 0.2) is 0 Å². The van der Waals surface area contributed by atoms with E-state index in [4.69, 9.17) is 5.84 Å². The zero-order valence-corrected chi connectivity index (χ0v) is 12.3. The number of rotatable bonds is 5. The summed E-state index contributed by atoms with van der Waals surface area (Å²) in [6, 6.07) is 12.5. The summed E-state index contributed by atoms with van der Waals surface area (Å²) in [5.74, 6) is 3.68. The Kier molecular flexibility index (Phi) is 4.74. The third-order valence-corrected chi connectivity index (χ3v) is 4.66. The predicted molar refractivity (Wildman–Crippen MR) is 79.7 cm³/mol. The van der Waals surface area contributed by atoms with Crippen LogP contribution in [-0.2, 0) is 14.8 Å². The molecule has 0 bridgehead atoms. The van der Waals surface area contributed by atoms with Crippen molar-refractivity contribution < 1.29 is 17.6 Å². The molecule has 0 aliphatic heterocycles. The lowest BCUT2D eigenvalue weighted by Gasteiger charge is -2.23. The van der Waals surface area contributed by atoms with Gasteiger partial charge in [-0.25, -0.2) is 18.7 Å². The highest BCUT2D eigenvalue weighted by atomic mass is 32.2. The Morgan fingerprint density at radius 3 is 2.41 bits per heavy atom. The molecule has 0 radical (unpaired) electrons. The Morgan fingerprint density at radius 2 is 1.82 bits per heavy atom. The highest BCUT2D eigenvalue weighted by molar-refractivity contribution is 7.92. The minimum absolute atomic E-state index is 0.0101. The number of benzene rings is 2. The molecule has 116 valence electrons. The van der Waals surface area contributed by atoms with E-state index in [1.165, 1.54) is 30.3 Å². The number of hydrogen-bond acceptors (Lipinski definition) is 4. The molecule has 0 aliphatic rings. The van der Waals surface area contributed by atoms with Crippen LogP contribution in [0.15, 0.2) is 59.5 Å². The van der Waals surface area contributed by atoms with Crippen molar-refractivity contribution >= 4 is 21.6 Å². The number of hydrogen-bond donors (Lipinski definition) is 2. The van der Waals surface area contributed by atoms with E-state index in [1.54, 1.807) is 18.2 Å². The Labute approximate surface area is 127 Å². The van der Waals surface area contributed by atoms with Crippen LogP contribution in [0.4, 0.5) is 10.1 Å². The van der Waals surface area contributed by atoms with Crippen LogP contribution in [-0.4, -0.2) is 20.9 Å². The fourth-order valence-electron chi connectivity index (χ4n) is 1.84. The molecule has 2 aromatic carbocycles. The summed E-state index contributed by atoms with van der Waals surface area (Å²) in [5.41, 5.74) is 1.90. The minimum atomic E-state index is -4.03. The topological polar surface area (TPSA) is 92.5 Å². The van der Waals surface area contributed by atoms with Gasteiger partial charge in [0.25, 0.3) is 15.9 Å². The summed E-state index contributed by atoms with van der Waals surface area (Å²) in [4.78, 5) is 11.5. The first kappa shape index (κ1) is 15.9. The van der Waals surface area contributed by atoms with Crippen molar-refractivity contribution in [2.45, 2.75) is 4.90 Å². The molecule has 0 fully saturated rings. The minimum Gasteiger partial charge on any atom is -0.293 e. The van der Waals surface area contributed by atoms with E-state index in [0.29, 0.717) is 0 Å². The number of hydrazine groups is 1. The first-order valence-corrected chi connectivity index (χ1v) is 7.72. The monoisotopic (exact) mass is 323 g/mol. The summed E-state index contributed by atoms with van der Waals surface area (Å²) in [5, 5.41) is 0. The molecule has 1 amide bonds. The second-order valence-electron chi connectivity index (χ2n) is 4.37. The number of nitrogens with two attached hydrogens (primary N) is 1. The van der Waals surface area contributed by atoms with Gasteiger partial charge in [0, 0.05) is 0 Å². The van der Waals surface area contributed by atoms with Gasteiger partial charge < -0.3 is 0 Å². The molecule has 6 nitrogen and oxygen atoms in total. The molecule has 2 aromatic rings. The van der Waals surface area contributed by atoms with Gasteiger partial charge in [-0.15, -0.1) is 0 Å². The molecule has 0 saturated heterocycles. The molecular weight excluding hydrogens is 309 g/mol. The fraction of sp³-hybridized carbons (Fsp3) is 0.0714. The van der Waals surface area contributed by atoms with Gasteiger partial charge in [-0.1, -0.05) is 24.3 Å². The van der Waals surface area contributed by atoms with Crippen LogP contribution < -0.4 is 15.6 Å². The highest BCUT2D eigenvalue weighted by Crippen LogP contribution is 2.23. The lowest BCUT2D eigenvalue weighted by molar-refractivity contribution is -0.119. The van der Waals surface area contributed by atoms with E-state index in [1.807, 2.05) is 5.43 Å². The third kappa shape index (κ3) is 3.41.